The zero-order valence-corrected chi connectivity index (χ0v) is 20.3. The van der Waals surface area contributed by atoms with Crippen LogP contribution in [0.5, 0.6) is 0 Å². The molecule has 0 spiro atoms. The molecule has 0 aliphatic heterocycles. The Labute approximate surface area is 211 Å². The van der Waals surface area contributed by atoms with Crippen LogP contribution in [0, 0.1) is 12.7 Å². The molecule has 0 fully saturated rings. The van der Waals surface area contributed by atoms with Gasteiger partial charge >= 0.3 is 12.1 Å². The third-order valence-corrected chi connectivity index (χ3v) is 6.51. The lowest BCUT2D eigenvalue weighted by atomic mass is 10.1. The molecule has 1 atom stereocenters. The molecule has 7 nitrogen and oxygen atoms in total. The number of rotatable bonds is 8. The van der Waals surface area contributed by atoms with Gasteiger partial charge in [0.2, 0.25) is 0 Å². The molecule has 36 heavy (non-hydrogen) atoms. The summed E-state index contributed by atoms with van der Waals surface area (Å²) in [5, 5.41) is 15.9. The summed E-state index contributed by atoms with van der Waals surface area (Å²) < 4.78 is 24.7. The molecule has 0 saturated heterocycles. The number of anilines is 1. The summed E-state index contributed by atoms with van der Waals surface area (Å²) in [6.45, 7) is 3.25. The molecule has 3 aromatic carbocycles. The maximum Gasteiger partial charge on any atom is 0.412 e. The Hall–Kier alpha value is -4.11. The van der Waals surface area contributed by atoms with E-state index in [9.17, 15) is 14.0 Å². The molecule has 4 aromatic rings. The maximum absolute atomic E-state index is 14.0. The van der Waals surface area contributed by atoms with Gasteiger partial charge in [0.1, 0.15) is 23.3 Å². The molecule has 184 valence electrons. The fourth-order valence-corrected chi connectivity index (χ4v) is 4.54. The van der Waals surface area contributed by atoms with Crippen LogP contribution < -0.4 is 5.32 Å². The minimum Gasteiger partial charge on any atom is -0.481 e. The molecule has 1 heterocycles. The number of aryl methyl sites for hydroxylation is 1. The van der Waals surface area contributed by atoms with E-state index < -0.39 is 24.0 Å². The van der Waals surface area contributed by atoms with Crippen molar-refractivity contribution in [2.75, 3.05) is 5.32 Å². The first-order valence-corrected chi connectivity index (χ1v) is 11.9. The predicted octanol–water partition coefficient (Wildman–Crippen LogP) is 6.88. The minimum absolute atomic E-state index is 0.0554. The average molecular weight is 507 g/mol. The van der Waals surface area contributed by atoms with E-state index in [1.165, 1.54) is 17.8 Å². The third-order valence-electron chi connectivity index (χ3n) is 5.39. The molecule has 0 aliphatic carbocycles. The largest absolute Gasteiger partial charge is 0.481 e. The number of carbonyl (C=O) groups is 2. The minimum atomic E-state index is -0.887. The molecule has 0 bridgehead atoms. The first kappa shape index (κ1) is 25.0. The van der Waals surface area contributed by atoms with Gasteiger partial charge < -0.3 is 14.4 Å². The molecular formula is C27H23FN2O5S. The van der Waals surface area contributed by atoms with Crippen molar-refractivity contribution in [3.05, 3.63) is 95.5 Å². The van der Waals surface area contributed by atoms with Crippen LogP contribution in [0.15, 0.2) is 87.1 Å². The standard InChI is InChI=1S/C27H23FN2O5S/c1-16(21-8-4-5-9-22(21)28)34-27(33)29-25-17(2)35-30-26(25)18-11-13-20(14-12-18)36-23-10-6-3-7-19(23)15-24(31)32/h3-14,16H,15H2,1-2H3,(H,29,33)(H,31,32)/t16-/m1/s1. The van der Waals surface area contributed by atoms with Gasteiger partial charge in [-0.15, -0.1) is 0 Å². The number of nitrogens with zero attached hydrogens (tertiary/aromatic N) is 1. The van der Waals surface area contributed by atoms with E-state index in [2.05, 4.69) is 10.5 Å². The van der Waals surface area contributed by atoms with Crippen molar-refractivity contribution in [3.8, 4) is 11.3 Å². The van der Waals surface area contributed by atoms with Crippen LogP contribution in [0.25, 0.3) is 11.3 Å². The Balaban J connectivity index is 1.48. The normalized spacial score (nSPS) is 11.6. The van der Waals surface area contributed by atoms with Crippen molar-refractivity contribution < 1.29 is 28.3 Å². The SMILES string of the molecule is Cc1onc(-c2ccc(Sc3ccccc3CC(=O)O)cc2)c1NC(=O)O[C@H](C)c1ccccc1F. The van der Waals surface area contributed by atoms with E-state index in [-0.39, 0.29) is 12.0 Å². The molecule has 1 amide bonds. The van der Waals surface area contributed by atoms with Gasteiger partial charge in [0.05, 0.1) is 6.42 Å². The van der Waals surface area contributed by atoms with Crippen molar-refractivity contribution in [1.82, 2.24) is 5.16 Å². The highest BCUT2D eigenvalue weighted by Gasteiger charge is 2.21. The number of aromatic nitrogens is 1. The number of nitrogens with one attached hydrogen (secondary N) is 1. The third kappa shape index (κ3) is 5.92. The second kappa shape index (κ2) is 11.1. The number of hydrogen-bond acceptors (Lipinski definition) is 6. The second-order valence-electron chi connectivity index (χ2n) is 7.96. The summed E-state index contributed by atoms with van der Waals surface area (Å²) >= 11 is 1.46. The molecule has 1 aromatic heterocycles. The van der Waals surface area contributed by atoms with Crippen LogP contribution in [-0.4, -0.2) is 22.3 Å². The van der Waals surface area contributed by atoms with E-state index in [1.54, 1.807) is 38.1 Å². The Bertz CT molecular complexity index is 1390. The van der Waals surface area contributed by atoms with Gasteiger partial charge in [0, 0.05) is 20.9 Å². The summed E-state index contributed by atoms with van der Waals surface area (Å²) in [5.74, 6) is -0.952. The van der Waals surface area contributed by atoms with Crippen LogP contribution >= 0.6 is 11.8 Å². The van der Waals surface area contributed by atoms with Gasteiger partial charge in [0.15, 0.2) is 5.76 Å². The summed E-state index contributed by atoms with van der Waals surface area (Å²) in [5.41, 5.74) is 2.49. The van der Waals surface area contributed by atoms with E-state index >= 15 is 0 Å². The van der Waals surface area contributed by atoms with E-state index in [0.717, 1.165) is 15.4 Å². The number of halogens is 1. The van der Waals surface area contributed by atoms with Crippen molar-refractivity contribution in [1.29, 1.82) is 0 Å². The van der Waals surface area contributed by atoms with Gasteiger partial charge in [-0.1, -0.05) is 65.4 Å². The highest BCUT2D eigenvalue weighted by atomic mass is 32.2. The average Bonchev–Trinajstić information content (AvgIpc) is 3.20. The van der Waals surface area contributed by atoms with Crippen molar-refractivity contribution >= 4 is 29.5 Å². The smallest absolute Gasteiger partial charge is 0.412 e. The fraction of sp³-hybridized carbons (Fsp3) is 0.148. The summed E-state index contributed by atoms with van der Waals surface area (Å²) in [7, 11) is 0. The highest BCUT2D eigenvalue weighted by molar-refractivity contribution is 7.99. The number of ether oxygens (including phenoxy) is 1. The molecular weight excluding hydrogens is 483 g/mol. The number of hydrogen-bond donors (Lipinski definition) is 2. The monoisotopic (exact) mass is 506 g/mol. The number of carboxylic acids is 1. The number of benzene rings is 3. The Kier molecular flexibility index (Phi) is 7.70. The van der Waals surface area contributed by atoms with Crippen LogP contribution in [0.1, 0.15) is 29.9 Å². The highest BCUT2D eigenvalue weighted by Crippen LogP contribution is 2.35. The lowest BCUT2D eigenvalue weighted by Crippen LogP contribution is -2.17. The van der Waals surface area contributed by atoms with Gasteiger partial charge in [-0.25, -0.2) is 9.18 Å². The quantitative estimate of drug-likeness (QED) is 0.269. The lowest BCUT2D eigenvalue weighted by molar-refractivity contribution is -0.136. The fourth-order valence-electron chi connectivity index (χ4n) is 3.60. The second-order valence-corrected chi connectivity index (χ2v) is 9.08. The van der Waals surface area contributed by atoms with E-state index in [0.29, 0.717) is 22.7 Å². The Morgan fingerprint density at radius 3 is 2.50 bits per heavy atom. The van der Waals surface area contributed by atoms with Gasteiger partial charge in [-0.05, 0) is 43.7 Å². The number of carboxylic acid groups (broad SMARTS) is 1. The molecule has 0 aliphatic rings. The predicted molar refractivity (Wildman–Crippen MR) is 133 cm³/mol. The number of carbonyl (C=O) groups excluding carboxylic acids is 1. The Morgan fingerprint density at radius 1 is 1.08 bits per heavy atom. The number of aliphatic carboxylic acids is 1. The van der Waals surface area contributed by atoms with Gasteiger partial charge in [-0.2, -0.15) is 0 Å². The van der Waals surface area contributed by atoms with Crippen molar-refractivity contribution in [2.24, 2.45) is 0 Å². The zero-order valence-electron chi connectivity index (χ0n) is 19.5. The van der Waals surface area contributed by atoms with Gasteiger partial charge in [0.25, 0.3) is 0 Å². The topological polar surface area (TPSA) is 102 Å². The maximum atomic E-state index is 14.0. The van der Waals surface area contributed by atoms with Gasteiger partial charge in [-0.3, -0.25) is 10.1 Å². The molecule has 2 N–H and O–H groups in total. The van der Waals surface area contributed by atoms with Crippen molar-refractivity contribution in [3.63, 3.8) is 0 Å². The van der Waals surface area contributed by atoms with Crippen LogP contribution in [0.2, 0.25) is 0 Å². The summed E-state index contributed by atoms with van der Waals surface area (Å²) in [6, 6.07) is 20.9. The first-order chi connectivity index (χ1) is 17.3. The van der Waals surface area contributed by atoms with E-state index in [1.807, 2.05) is 42.5 Å². The molecule has 0 saturated carbocycles. The van der Waals surface area contributed by atoms with E-state index in [4.69, 9.17) is 14.4 Å². The Morgan fingerprint density at radius 2 is 1.78 bits per heavy atom. The summed E-state index contributed by atoms with van der Waals surface area (Å²) in [6.07, 6.45) is -1.62. The van der Waals surface area contributed by atoms with Crippen molar-refractivity contribution in [2.45, 2.75) is 36.2 Å². The van der Waals surface area contributed by atoms with Crippen LogP contribution in [0.3, 0.4) is 0 Å². The van der Waals surface area contributed by atoms with Crippen LogP contribution in [0.4, 0.5) is 14.9 Å². The van der Waals surface area contributed by atoms with Crippen LogP contribution in [-0.2, 0) is 16.0 Å². The molecule has 4 rings (SSSR count). The molecule has 9 heteroatoms. The summed E-state index contributed by atoms with van der Waals surface area (Å²) in [4.78, 5) is 25.5. The first-order valence-electron chi connectivity index (χ1n) is 11.1. The zero-order chi connectivity index (χ0) is 25.7. The molecule has 0 unspecified atom stereocenters. The molecule has 0 radical (unpaired) electrons. The number of amides is 1. The lowest BCUT2D eigenvalue weighted by Gasteiger charge is -2.15.